The number of nitrogens with zero attached hydrogens (tertiary/aromatic N) is 6. The monoisotopic (exact) mass is 404 g/mol. The maximum absolute atomic E-state index is 12.6. The van der Waals surface area contributed by atoms with Crippen molar-refractivity contribution < 1.29 is 9.53 Å². The summed E-state index contributed by atoms with van der Waals surface area (Å²) in [5.41, 5.74) is 2.33. The number of rotatable bonds is 7. The molecule has 2 heterocycles. The summed E-state index contributed by atoms with van der Waals surface area (Å²) < 4.78 is 8.34. The number of esters is 1. The molecular formula is C21H20N6O3. The van der Waals surface area contributed by atoms with Crippen molar-refractivity contribution >= 4 is 16.9 Å². The molecule has 0 radical (unpaired) electrons. The lowest BCUT2D eigenvalue weighted by Gasteiger charge is -2.08. The van der Waals surface area contributed by atoms with Gasteiger partial charge in [0.05, 0.1) is 22.9 Å². The smallest absolute Gasteiger partial charge is 0.306 e. The fraction of sp³-hybridized carbons (Fsp3) is 0.238. The predicted molar refractivity (Wildman–Crippen MR) is 109 cm³/mol. The first-order valence-corrected chi connectivity index (χ1v) is 9.56. The molecule has 0 unspecified atom stereocenters. The number of carbonyl (C=O) groups excluding carboxylic acids is 1. The molecule has 30 heavy (non-hydrogen) atoms. The topological polar surface area (TPSA) is 105 Å². The van der Waals surface area contributed by atoms with Gasteiger partial charge in [0.2, 0.25) is 0 Å². The highest BCUT2D eigenvalue weighted by atomic mass is 16.5. The van der Waals surface area contributed by atoms with E-state index in [0.717, 1.165) is 11.3 Å². The molecule has 0 atom stereocenters. The zero-order valence-corrected chi connectivity index (χ0v) is 16.4. The zero-order chi connectivity index (χ0) is 20.9. The van der Waals surface area contributed by atoms with E-state index < -0.39 is 0 Å². The Morgan fingerprint density at radius 1 is 1.10 bits per heavy atom. The second-order valence-corrected chi connectivity index (χ2v) is 6.82. The van der Waals surface area contributed by atoms with E-state index in [9.17, 15) is 9.59 Å². The van der Waals surface area contributed by atoms with E-state index >= 15 is 0 Å². The van der Waals surface area contributed by atoms with Crippen molar-refractivity contribution in [1.29, 1.82) is 0 Å². The number of ether oxygens (including phenoxy) is 1. The van der Waals surface area contributed by atoms with Gasteiger partial charge < -0.3 is 4.74 Å². The Morgan fingerprint density at radius 3 is 2.77 bits per heavy atom. The summed E-state index contributed by atoms with van der Waals surface area (Å²) >= 11 is 0. The number of para-hydroxylation sites is 2. The molecule has 0 aliphatic carbocycles. The molecule has 0 saturated heterocycles. The molecule has 9 heteroatoms. The van der Waals surface area contributed by atoms with Gasteiger partial charge in [0.15, 0.2) is 12.4 Å². The highest BCUT2D eigenvalue weighted by Crippen LogP contribution is 2.12. The van der Waals surface area contributed by atoms with Crippen LogP contribution in [0, 0.1) is 6.92 Å². The molecule has 152 valence electrons. The molecule has 0 aliphatic rings. The summed E-state index contributed by atoms with van der Waals surface area (Å²) in [6.07, 6.45) is 2.16. The fourth-order valence-corrected chi connectivity index (χ4v) is 3.17. The minimum absolute atomic E-state index is 0.0303. The first kappa shape index (κ1) is 19.4. The second-order valence-electron chi connectivity index (χ2n) is 6.82. The minimum Gasteiger partial charge on any atom is -0.457 e. The SMILES string of the molecule is Cc1cccc2c(=O)n(CCCC(=O)OCc3nnnn3-c3ccccc3)cnc12. The van der Waals surface area contributed by atoms with Gasteiger partial charge in [0.25, 0.3) is 5.56 Å². The quantitative estimate of drug-likeness (QED) is 0.435. The number of benzene rings is 2. The van der Waals surface area contributed by atoms with Crippen LogP contribution in [0.3, 0.4) is 0 Å². The van der Waals surface area contributed by atoms with Crippen LogP contribution in [0.2, 0.25) is 0 Å². The van der Waals surface area contributed by atoms with E-state index in [1.807, 2.05) is 49.4 Å². The molecular weight excluding hydrogens is 384 g/mol. The van der Waals surface area contributed by atoms with Crippen molar-refractivity contribution in [3.8, 4) is 5.69 Å². The molecule has 0 saturated carbocycles. The minimum atomic E-state index is -0.379. The van der Waals surface area contributed by atoms with E-state index in [2.05, 4.69) is 20.5 Å². The number of tetrazole rings is 1. The van der Waals surface area contributed by atoms with Crippen molar-refractivity contribution in [3.05, 3.63) is 76.6 Å². The largest absolute Gasteiger partial charge is 0.457 e. The van der Waals surface area contributed by atoms with Crippen molar-refractivity contribution in [2.24, 2.45) is 0 Å². The third-order valence-corrected chi connectivity index (χ3v) is 4.73. The first-order chi connectivity index (χ1) is 14.6. The van der Waals surface area contributed by atoms with Crippen molar-refractivity contribution in [1.82, 2.24) is 29.8 Å². The Hall–Kier alpha value is -3.88. The van der Waals surface area contributed by atoms with Crippen molar-refractivity contribution in [3.63, 3.8) is 0 Å². The van der Waals surface area contributed by atoms with Gasteiger partial charge >= 0.3 is 5.97 Å². The summed E-state index contributed by atoms with van der Waals surface area (Å²) in [5.74, 6) is 0.0510. The Kier molecular flexibility index (Phi) is 5.60. The predicted octanol–water partition coefficient (Wildman–Crippen LogP) is 2.20. The average molecular weight is 404 g/mol. The molecule has 0 N–H and O–H groups in total. The number of hydrogen-bond acceptors (Lipinski definition) is 7. The van der Waals surface area contributed by atoms with Crippen LogP contribution in [0.15, 0.2) is 59.7 Å². The van der Waals surface area contributed by atoms with Crippen LogP contribution in [0.5, 0.6) is 0 Å². The number of aryl methyl sites for hydroxylation is 2. The maximum atomic E-state index is 12.6. The average Bonchev–Trinajstić information content (AvgIpc) is 3.24. The number of hydrogen-bond donors (Lipinski definition) is 0. The molecule has 2 aromatic heterocycles. The summed E-state index contributed by atoms with van der Waals surface area (Å²) in [6, 6.07) is 14.9. The second kappa shape index (κ2) is 8.64. The highest BCUT2D eigenvalue weighted by molar-refractivity contribution is 5.80. The van der Waals surface area contributed by atoms with Gasteiger partial charge in [-0.1, -0.05) is 30.3 Å². The lowest BCUT2D eigenvalue weighted by atomic mass is 10.1. The lowest BCUT2D eigenvalue weighted by Crippen LogP contribution is -2.21. The molecule has 0 bridgehead atoms. The molecule has 0 fully saturated rings. The highest BCUT2D eigenvalue weighted by Gasteiger charge is 2.12. The molecule has 4 aromatic rings. The van der Waals surface area contributed by atoms with Crippen LogP contribution < -0.4 is 5.56 Å². The number of fused-ring (bicyclic) bond motifs is 1. The standard InChI is InChI=1S/C21H20N6O3/c1-15-7-5-10-17-20(15)22-14-26(21(17)29)12-6-11-19(28)30-13-18-23-24-25-27(18)16-8-3-2-4-9-16/h2-5,7-10,14H,6,11-13H2,1H3. The van der Waals surface area contributed by atoms with E-state index in [-0.39, 0.29) is 24.6 Å². The summed E-state index contributed by atoms with van der Waals surface area (Å²) in [4.78, 5) is 29.1. The van der Waals surface area contributed by atoms with Crippen LogP contribution in [-0.4, -0.2) is 35.7 Å². The van der Waals surface area contributed by atoms with Gasteiger partial charge in [-0.15, -0.1) is 5.10 Å². The Labute approximate surface area is 171 Å². The molecule has 0 aliphatic heterocycles. The van der Waals surface area contributed by atoms with Crippen molar-refractivity contribution in [2.75, 3.05) is 0 Å². The third-order valence-electron chi connectivity index (χ3n) is 4.73. The van der Waals surface area contributed by atoms with E-state index in [1.54, 1.807) is 6.07 Å². The van der Waals surface area contributed by atoms with Crippen LogP contribution in [0.25, 0.3) is 16.6 Å². The van der Waals surface area contributed by atoms with Gasteiger partial charge in [-0.3, -0.25) is 14.2 Å². The van der Waals surface area contributed by atoms with E-state index in [0.29, 0.717) is 29.7 Å². The lowest BCUT2D eigenvalue weighted by molar-refractivity contribution is -0.145. The zero-order valence-electron chi connectivity index (χ0n) is 16.4. The first-order valence-electron chi connectivity index (χ1n) is 9.56. The van der Waals surface area contributed by atoms with Crippen LogP contribution in [0.4, 0.5) is 0 Å². The summed E-state index contributed by atoms with van der Waals surface area (Å²) in [7, 11) is 0. The van der Waals surface area contributed by atoms with Gasteiger partial charge in [0, 0.05) is 13.0 Å². The Balaban J connectivity index is 1.32. The molecule has 0 spiro atoms. The van der Waals surface area contributed by atoms with Gasteiger partial charge in [0.1, 0.15) is 0 Å². The summed E-state index contributed by atoms with van der Waals surface area (Å²) in [6.45, 7) is 2.27. The van der Waals surface area contributed by atoms with Crippen LogP contribution in [-0.2, 0) is 22.7 Å². The van der Waals surface area contributed by atoms with E-state index in [4.69, 9.17) is 4.74 Å². The van der Waals surface area contributed by atoms with Gasteiger partial charge in [-0.05, 0) is 47.5 Å². The number of aromatic nitrogens is 6. The maximum Gasteiger partial charge on any atom is 0.306 e. The van der Waals surface area contributed by atoms with Crippen LogP contribution in [0.1, 0.15) is 24.2 Å². The number of carbonyl (C=O) groups is 1. The molecule has 4 rings (SSSR count). The van der Waals surface area contributed by atoms with Gasteiger partial charge in [-0.2, -0.15) is 4.68 Å². The molecule has 0 amide bonds. The van der Waals surface area contributed by atoms with Gasteiger partial charge in [-0.25, -0.2) is 4.98 Å². The normalized spacial score (nSPS) is 11.0. The fourth-order valence-electron chi connectivity index (χ4n) is 3.17. The molecule has 2 aromatic carbocycles. The van der Waals surface area contributed by atoms with Crippen molar-refractivity contribution in [2.45, 2.75) is 32.9 Å². The molecule has 9 nitrogen and oxygen atoms in total. The third kappa shape index (κ3) is 4.09. The van der Waals surface area contributed by atoms with Crippen LogP contribution >= 0.6 is 0 Å². The summed E-state index contributed by atoms with van der Waals surface area (Å²) in [5, 5.41) is 12.1. The van der Waals surface area contributed by atoms with E-state index in [1.165, 1.54) is 15.6 Å². The Bertz CT molecular complexity index is 1230. The Morgan fingerprint density at radius 2 is 1.93 bits per heavy atom.